The number of nitrogen functional groups attached to an aromatic ring is 1. The van der Waals surface area contributed by atoms with E-state index in [2.05, 4.69) is 12.2 Å². The quantitative estimate of drug-likeness (QED) is 0.639. The lowest BCUT2D eigenvalue weighted by Crippen LogP contribution is -2.30. The van der Waals surface area contributed by atoms with Crippen molar-refractivity contribution in [2.24, 2.45) is 5.92 Å². The van der Waals surface area contributed by atoms with Crippen molar-refractivity contribution in [3.05, 3.63) is 23.8 Å². The van der Waals surface area contributed by atoms with Crippen molar-refractivity contribution >= 4 is 17.3 Å². The van der Waals surface area contributed by atoms with Gasteiger partial charge in [0.25, 0.3) is 0 Å². The van der Waals surface area contributed by atoms with Gasteiger partial charge in [0.15, 0.2) is 0 Å². The van der Waals surface area contributed by atoms with Crippen LogP contribution < -0.4 is 11.1 Å². The molecule has 2 rings (SSSR count). The van der Waals surface area contributed by atoms with Crippen LogP contribution in [0.5, 0.6) is 0 Å². The first kappa shape index (κ1) is 15.7. The lowest BCUT2D eigenvalue weighted by Gasteiger charge is -2.31. The zero-order chi connectivity index (χ0) is 15.2. The molecule has 0 aliphatic heterocycles. The number of esters is 1. The van der Waals surface area contributed by atoms with Crippen LogP contribution in [0.4, 0.5) is 11.4 Å². The molecule has 1 aromatic rings. The van der Waals surface area contributed by atoms with Gasteiger partial charge in [-0.1, -0.05) is 26.2 Å². The predicted molar refractivity (Wildman–Crippen MR) is 86.5 cm³/mol. The summed E-state index contributed by atoms with van der Waals surface area (Å²) in [7, 11) is 1.38. The second-order valence-corrected chi connectivity index (χ2v) is 5.85. The Bertz CT molecular complexity index is 482. The lowest BCUT2D eigenvalue weighted by molar-refractivity contribution is 0.0601. The molecule has 1 fully saturated rings. The molecule has 1 saturated carbocycles. The largest absolute Gasteiger partial charge is 0.465 e. The summed E-state index contributed by atoms with van der Waals surface area (Å²) < 4.78 is 4.71. The number of hydrogen-bond donors (Lipinski definition) is 2. The van der Waals surface area contributed by atoms with Crippen molar-refractivity contribution in [2.75, 3.05) is 18.2 Å². The van der Waals surface area contributed by atoms with Crippen LogP contribution in [0.25, 0.3) is 0 Å². The highest BCUT2D eigenvalue weighted by atomic mass is 16.5. The van der Waals surface area contributed by atoms with Crippen LogP contribution in [0.15, 0.2) is 18.2 Å². The Balaban J connectivity index is 2.08. The van der Waals surface area contributed by atoms with Gasteiger partial charge in [0, 0.05) is 6.04 Å². The third-order valence-corrected chi connectivity index (χ3v) is 4.47. The normalized spacial score (nSPS) is 17.2. The van der Waals surface area contributed by atoms with E-state index in [0.717, 1.165) is 18.0 Å². The van der Waals surface area contributed by atoms with E-state index >= 15 is 0 Å². The van der Waals surface area contributed by atoms with E-state index in [9.17, 15) is 4.79 Å². The minimum atomic E-state index is -0.354. The first-order valence-corrected chi connectivity index (χ1v) is 7.90. The van der Waals surface area contributed by atoms with Gasteiger partial charge in [0.1, 0.15) is 0 Å². The molecule has 1 aliphatic rings. The number of rotatable bonds is 5. The highest BCUT2D eigenvalue weighted by Gasteiger charge is 2.22. The topological polar surface area (TPSA) is 64.3 Å². The molecular weight excluding hydrogens is 264 g/mol. The summed E-state index contributed by atoms with van der Waals surface area (Å²) in [6.07, 6.45) is 7.71. The van der Waals surface area contributed by atoms with Crippen LogP contribution in [0.1, 0.15) is 55.8 Å². The molecule has 1 aromatic carbocycles. The number of nitrogens with two attached hydrogens (primary N) is 1. The molecule has 0 saturated heterocycles. The number of carbonyl (C=O) groups is 1. The summed E-state index contributed by atoms with van der Waals surface area (Å²) in [5, 5.41) is 3.57. The maximum absolute atomic E-state index is 11.5. The lowest BCUT2D eigenvalue weighted by atomic mass is 9.83. The molecule has 1 atom stereocenters. The van der Waals surface area contributed by atoms with Crippen molar-refractivity contribution in [3.63, 3.8) is 0 Å². The Morgan fingerprint density at radius 2 is 2.10 bits per heavy atom. The summed E-state index contributed by atoms with van der Waals surface area (Å²) in [5.41, 5.74) is 8.09. The molecule has 21 heavy (non-hydrogen) atoms. The number of benzene rings is 1. The maximum atomic E-state index is 11.5. The Labute approximate surface area is 127 Å². The van der Waals surface area contributed by atoms with Gasteiger partial charge in [-0.05, 0) is 43.4 Å². The monoisotopic (exact) mass is 290 g/mol. The highest BCUT2D eigenvalue weighted by molar-refractivity contribution is 5.91. The fourth-order valence-corrected chi connectivity index (χ4v) is 3.23. The fraction of sp³-hybridized carbons (Fsp3) is 0.588. The van der Waals surface area contributed by atoms with Crippen molar-refractivity contribution < 1.29 is 9.53 Å². The van der Waals surface area contributed by atoms with Crippen molar-refractivity contribution in [3.8, 4) is 0 Å². The van der Waals surface area contributed by atoms with E-state index in [1.54, 1.807) is 12.1 Å². The smallest absolute Gasteiger partial charge is 0.337 e. The molecule has 0 spiro atoms. The predicted octanol–water partition coefficient (Wildman–Crippen LogP) is 3.83. The van der Waals surface area contributed by atoms with Crippen LogP contribution in [-0.4, -0.2) is 19.1 Å². The van der Waals surface area contributed by atoms with Gasteiger partial charge in [-0.3, -0.25) is 0 Å². The zero-order valence-electron chi connectivity index (χ0n) is 13.0. The van der Waals surface area contributed by atoms with E-state index in [1.807, 2.05) is 6.07 Å². The minimum absolute atomic E-state index is 0.354. The number of carbonyl (C=O) groups excluding carboxylic acids is 1. The van der Waals surface area contributed by atoms with E-state index in [1.165, 1.54) is 39.2 Å². The molecule has 3 N–H and O–H groups in total. The molecule has 0 amide bonds. The second kappa shape index (κ2) is 7.34. The molecule has 0 aromatic heterocycles. The molecule has 0 bridgehead atoms. The van der Waals surface area contributed by atoms with Gasteiger partial charge in [0.05, 0.1) is 24.0 Å². The third-order valence-electron chi connectivity index (χ3n) is 4.47. The first-order valence-electron chi connectivity index (χ1n) is 7.90. The van der Waals surface area contributed by atoms with Crippen molar-refractivity contribution in [2.45, 2.75) is 51.5 Å². The summed E-state index contributed by atoms with van der Waals surface area (Å²) in [4.78, 5) is 11.5. The Kier molecular flexibility index (Phi) is 5.48. The van der Waals surface area contributed by atoms with Gasteiger partial charge in [-0.15, -0.1) is 0 Å². The van der Waals surface area contributed by atoms with E-state index < -0.39 is 0 Å². The average molecular weight is 290 g/mol. The molecular formula is C17H26N2O2. The molecule has 0 heterocycles. The highest BCUT2D eigenvalue weighted by Crippen LogP contribution is 2.31. The van der Waals surface area contributed by atoms with Crippen molar-refractivity contribution in [1.29, 1.82) is 0 Å². The van der Waals surface area contributed by atoms with Gasteiger partial charge < -0.3 is 15.8 Å². The van der Waals surface area contributed by atoms with E-state index in [-0.39, 0.29) is 5.97 Å². The summed E-state index contributed by atoms with van der Waals surface area (Å²) >= 11 is 0. The molecule has 4 heteroatoms. The number of nitrogens with one attached hydrogen (secondary N) is 1. The van der Waals surface area contributed by atoms with Gasteiger partial charge in [-0.25, -0.2) is 4.79 Å². The molecule has 0 radical (unpaired) electrons. The Hall–Kier alpha value is -1.71. The molecule has 1 unspecified atom stereocenters. The molecule has 1 aliphatic carbocycles. The van der Waals surface area contributed by atoms with E-state index in [4.69, 9.17) is 10.5 Å². The van der Waals surface area contributed by atoms with Crippen LogP contribution in [0.3, 0.4) is 0 Å². The fourth-order valence-electron chi connectivity index (χ4n) is 3.23. The first-order chi connectivity index (χ1) is 10.2. The van der Waals surface area contributed by atoms with Crippen LogP contribution >= 0.6 is 0 Å². The Morgan fingerprint density at radius 1 is 1.38 bits per heavy atom. The molecule has 116 valence electrons. The number of ether oxygens (including phenoxy) is 1. The standard InChI is InChI=1S/C17H26N2O2/c1-3-15(12-7-5-4-6-8-12)19-16-10-9-13(11-14(16)18)17(20)21-2/h9-12,15,19H,3-8,18H2,1-2H3. The second-order valence-electron chi connectivity index (χ2n) is 5.85. The molecule has 4 nitrogen and oxygen atoms in total. The van der Waals surface area contributed by atoms with Gasteiger partial charge >= 0.3 is 5.97 Å². The van der Waals surface area contributed by atoms with Crippen molar-refractivity contribution in [1.82, 2.24) is 0 Å². The number of hydrogen-bond acceptors (Lipinski definition) is 4. The zero-order valence-corrected chi connectivity index (χ0v) is 13.0. The average Bonchev–Trinajstić information content (AvgIpc) is 2.53. The van der Waals surface area contributed by atoms with E-state index in [0.29, 0.717) is 17.3 Å². The van der Waals surface area contributed by atoms with Crippen LogP contribution in [0.2, 0.25) is 0 Å². The van der Waals surface area contributed by atoms with Crippen LogP contribution in [-0.2, 0) is 4.74 Å². The van der Waals surface area contributed by atoms with Crippen LogP contribution in [0, 0.1) is 5.92 Å². The van der Waals surface area contributed by atoms with Gasteiger partial charge in [-0.2, -0.15) is 0 Å². The Morgan fingerprint density at radius 3 is 2.67 bits per heavy atom. The summed E-state index contributed by atoms with van der Waals surface area (Å²) in [6, 6.07) is 5.78. The maximum Gasteiger partial charge on any atom is 0.337 e. The third kappa shape index (κ3) is 3.90. The number of anilines is 2. The van der Waals surface area contributed by atoms with Gasteiger partial charge in [0.2, 0.25) is 0 Å². The summed E-state index contributed by atoms with van der Waals surface area (Å²) in [6.45, 7) is 2.21. The summed E-state index contributed by atoms with van der Waals surface area (Å²) in [5.74, 6) is 0.371. The SMILES string of the molecule is CCC(Nc1ccc(C(=O)OC)cc1N)C1CCCCC1. The minimum Gasteiger partial charge on any atom is -0.465 e. The number of methoxy groups -OCH3 is 1.